The standard InChI is InChI=1S/C16H12N4O9S2.3Na.3H/c21-15-13(18-17-9-1-5-11(6-2-9)30(24,25)26)14(16(22)23)19-20(15)10-3-7-12(8-4-10)31(27,28)29;;;;;;/h1-8,13H,(H,22,23)(H,24,25,26)(H,27,28,29);;;;;;/q;3*+1;3*-1. The Morgan fingerprint density at radius 1 is 0.882 bits per heavy atom. The molecule has 0 fully saturated rings. The number of carbonyl (C=O) groups excluding carboxylic acids is 1. The van der Waals surface area contributed by atoms with E-state index in [-0.39, 0.29) is 104 Å². The monoisotopic (exact) mass is 540 g/mol. The fraction of sp³-hybridized carbons (Fsp3) is 0.0625. The van der Waals surface area contributed by atoms with Gasteiger partial charge in [0.2, 0.25) is 6.04 Å². The summed E-state index contributed by atoms with van der Waals surface area (Å²) >= 11 is 0. The first kappa shape index (κ1) is 33.5. The van der Waals surface area contributed by atoms with E-state index >= 15 is 0 Å². The predicted molar refractivity (Wildman–Crippen MR) is 107 cm³/mol. The summed E-state index contributed by atoms with van der Waals surface area (Å²) in [7, 11) is -8.88. The van der Waals surface area contributed by atoms with Crippen LogP contribution in [0.2, 0.25) is 0 Å². The zero-order valence-electron chi connectivity index (χ0n) is 21.1. The average molecular weight is 540 g/mol. The molecule has 1 heterocycles. The number of rotatable bonds is 6. The SMILES string of the molecule is O=C(O)C1=NN(c2ccc(S(=O)(=O)O)cc2)C(=O)C1N=Nc1ccc(S(=O)(=O)O)cc1.[H-].[H-].[H-].[Na+].[Na+].[Na+]. The number of hydrogen-bond acceptors (Lipinski definition) is 9. The second kappa shape index (κ2) is 13.1. The first-order valence-electron chi connectivity index (χ1n) is 8.09. The van der Waals surface area contributed by atoms with E-state index in [2.05, 4.69) is 15.3 Å². The predicted octanol–water partition coefficient (Wildman–Crippen LogP) is -7.53. The summed E-state index contributed by atoms with van der Waals surface area (Å²) in [5.74, 6) is -2.44. The van der Waals surface area contributed by atoms with Crippen LogP contribution in [0.5, 0.6) is 0 Å². The number of nitrogens with zero attached hydrogens (tertiary/aromatic N) is 4. The molecule has 1 aliphatic rings. The van der Waals surface area contributed by atoms with Crippen molar-refractivity contribution in [3.05, 3.63) is 48.5 Å². The van der Waals surface area contributed by atoms with Crippen molar-refractivity contribution >= 4 is 49.2 Å². The second-order valence-corrected chi connectivity index (χ2v) is 8.84. The number of benzene rings is 2. The van der Waals surface area contributed by atoms with E-state index in [1.165, 1.54) is 12.1 Å². The van der Waals surface area contributed by atoms with Crippen LogP contribution in [-0.4, -0.2) is 54.7 Å². The third-order valence-corrected chi connectivity index (χ3v) is 5.67. The largest absolute Gasteiger partial charge is 1.00 e. The van der Waals surface area contributed by atoms with Crippen molar-refractivity contribution in [3.8, 4) is 0 Å². The molecule has 1 aliphatic heterocycles. The van der Waals surface area contributed by atoms with Gasteiger partial charge in [0, 0.05) is 0 Å². The molecule has 1 atom stereocenters. The molecule has 13 nitrogen and oxygen atoms in total. The van der Waals surface area contributed by atoms with Crippen LogP contribution in [0.1, 0.15) is 4.28 Å². The molecule has 0 spiro atoms. The molecule has 34 heavy (non-hydrogen) atoms. The fourth-order valence-corrected chi connectivity index (χ4v) is 3.42. The summed E-state index contributed by atoms with van der Waals surface area (Å²) in [4.78, 5) is 23.3. The van der Waals surface area contributed by atoms with Gasteiger partial charge in [0.05, 0.1) is 21.2 Å². The summed E-state index contributed by atoms with van der Waals surface area (Å²) in [6.07, 6.45) is 0. The van der Waals surface area contributed by atoms with Gasteiger partial charge in [-0.1, -0.05) is 0 Å². The van der Waals surface area contributed by atoms with Crippen LogP contribution in [0.15, 0.2) is 73.7 Å². The number of hydrazone groups is 1. The van der Waals surface area contributed by atoms with E-state index in [1.54, 1.807) is 0 Å². The van der Waals surface area contributed by atoms with E-state index in [4.69, 9.17) is 9.11 Å². The topological polar surface area (TPSA) is 203 Å². The van der Waals surface area contributed by atoms with Crippen LogP contribution in [0.4, 0.5) is 11.4 Å². The maximum Gasteiger partial charge on any atom is 1.00 e. The Hall–Kier alpha value is -0.530. The van der Waals surface area contributed by atoms with Gasteiger partial charge in [0.25, 0.3) is 26.1 Å². The molecule has 3 N–H and O–H groups in total. The zero-order chi connectivity index (χ0) is 23.0. The van der Waals surface area contributed by atoms with Gasteiger partial charge in [0.1, 0.15) is 0 Å². The van der Waals surface area contributed by atoms with Crippen molar-refractivity contribution in [1.82, 2.24) is 0 Å². The molecule has 0 aromatic heterocycles. The Morgan fingerprint density at radius 3 is 1.74 bits per heavy atom. The third kappa shape index (κ3) is 7.99. The number of aliphatic carboxylic acids is 1. The van der Waals surface area contributed by atoms with Crippen molar-refractivity contribution in [2.24, 2.45) is 15.3 Å². The number of azo groups is 1. The summed E-state index contributed by atoms with van der Waals surface area (Å²) in [5, 5.41) is 21.1. The number of anilines is 1. The van der Waals surface area contributed by atoms with Crippen LogP contribution in [0, 0.1) is 0 Å². The molecule has 0 saturated carbocycles. The van der Waals surface area contributed by atoms with Crippen molar-refractivity contribution in [1.29, 1.82) is 0 Å². The average Bonchev–Trinajstić information content (AvgIpc) is 3.02. The van der Waals surface area contributed by atoms with E-state index in [0.29, 0.717) is 5.01 Å². The van der Waals surface area contributed by atoms with Crippen LogP contribution in [-0.2, 0) is 29.8 Å². The smallest absolute Gasteiger partial charge is 1.00 e. The minimum absolute atomic E-state index is 0. The summed E-state index contributed by atoms with van der Waals surface area (Å²) in [5.41, 5.74) is -0.561. The van der Waals surface area contributed by atoms with Gasteiger partial charge in [0.15, 0.2) is 5.71 Å². The Bertz CT molecular complexity index is 1350. The van der Waals surface area contributed by atoms with E-state index < -0.39 is 53.7 Å². The van der Waals surface area contributed by atoms with Crippen LogP contribution < -0.4 is 93.7 Å². The van der Waals surface area contributed by atoms with Gasteiger partial charge in [-0.05, 0) is 48.5 Å². The molecule has 0 saturated heterocycles. The van der Waals surface area contributed by atoms with Crippen LogP contribution in [0.3, 0.4) is 0 Å². The zero-order valence-corrected chi connectivity index (χ0v) is 25.7. The molecule has 0 radical (unpaired) electrons. The van der Waals surface area contributed by atoms with Crippen molar-refractivity contribution < 1.29 is 134 Å². The minimum atomic E-state index is -4.46. The number of carboxylic acid groups (broad SMARTS) is 1. The molecule has 0 aliphatic carbocycles. The Labute approximate surface area is 264 Å². The van der Waals surface area contributed by atoms with Crippen molar-refractivity contribution in [2.45, 2.75) is 15.8 Å². The molecule has 18 heteroatoms. The van der Waals surface area contributed by atoms with Crippen LogP contribution >= 0.6 is 0 Å². The molecule has 1 amide bonds. The molecule has 2 aromatic carbocycles. The summed E-state index contributed by atoms with van der Waals surface area (Å²) in [6, 6.07) is 7.07. The first-order valence-corrected chi connectivity index (χ1v) is 11.0. The van der Waals surface area contributed by atoms with Gasteiger partial charge in [-0.15, -0.1) is 0 Å². The second-order valence-electron chi connectivity index (χ2n) is 6.00. The Morgan fingerprint density at radius 2 is 1.32 bits per heavy atom. The molecular formula is C16H15N4Na3O9S2. The quantitative estimate of drug-likeness (QED) is 0.181. The van der Waals surface area contributed by atoms with E-state index in [1.807, 2.05) is 0 Å². The Balaban J connectivity index is -0.000000907. The first-order chi connectivity index (χ1) is 14.4. The number of carbonyl (C=O) groups is 2. The number of amides is 1. The minimum Gasteiger partial charge on any atom is -1.00 e. The van der Waals surface area contributed by atoms with Crippen LogP contribution in [0.25, 0.3) is 0 Å². The third-order valence-electron chi connectivity index (χ3n) is 3.93. The summed E-state index contributed by atoms with van der Waals surface area (Å²) < 4.78 is 62.3. The van der Waals surface area contributed by atoms with Crippen molar-refractivity contribution in [2.75, 3.05) is 5.01 Å². The maximum atomic E-state index is 12.6. The van der Waals surface area contributed by atoms with Crippen molar-refractivity contribution in [3.63, 3.8) is 0 Å². The molecule has 168 valence electrons. The number of carboxylic acids is 1. The van der Waals surface area contributed by atoms with Gasteiger partial charge in [-0.3, -0.25) is 13.9 Å². The molecule has 3 rings (SSSR count). The molecular weight excluding hydrogens is 525 g/mol. The number of hydrogen-bond donors (Lipinski definition) is 3. The summed E-state index contributed by atoms with van der Waals surface area (Å²) in [6.45, 7) is 0. The molecule has 2 aromatic rings. The van der Waals surface area contributed by atoms with Gasteiger partial charge >= 0.3 is 94.6 Å². The normalized spacial score (nSPS) is 15.7. The van der Waals surface area contributed by atoms with E-state index in [0.717, 1.165) is 36.4 Å². The maximum absolute atomic E-state index is 12.6. The van der Waals surface area contributed by atoms with Gasteiger partial charge in [-0.25, -0.2) is 4.79 Å². The fourth-order valence-electron chi connectivity index (χ4n) is 2.46. The molecule has 0 bridgehead atoms. The molecule has 1 unspecified atom stereocenters. The van der Waals surface area contributed by atoms with E-state index in [9.17, 15) is 31.5 Å². The Kier molecular flexibility index (Phi) is 12.9. The van der Waals surface area contributed by atoms with Gasteiger partial charge < -0.3 is 9.39 Å². The van der Waals surface area contributed by atoms with Gasteiger partial charge in [-0.2, -0.15) is 37.2 Å².